The van der Waals surface area contributed by atoms with Crippen LogP contribution in [0.4, 0.5) is 0 Å². The predicted octanol–water partition coefficient (Wildman–Crippen LogP) is 2.17. The molecule has 1 amide bonds. The molecule has 0 radical (unpaired) electrons. The Labute approximate surface area is 107 Å². The van der Waals surface area contributed by atoms with Gasteiger partial charge in [-0.05, 0) is 12.8 Å². The van der Waals surface area contributed by atoms with E-state index < -0.39 is 10.8 Å². The van der Waals surface area contributed by atoms with E-state index in [1.165, 1.54) is 25.3 Å². The third-order valence-electron chi connectivity index (χ3n) is 2.16. The van der Waals surface area contributed by atoms with Crippen molar-refractivity contribution in [2.75, 3.05) is 18.6 Å². The van der Waals surface area contributed by atoms with E-state index in [0.717, 1.165) is 6.42 Å². The van der Waals surface area contributed by atoms with Gasteiger partial charge in [-0.15, -0.1) is 0 Å². The number of unbranched alkanes of at least 4 members (excludes halogenated alkanes) is 3. The summed E-state index contributed by atoms with van der Waals surface area (Å²) < 4.78 is 10.7. The summed E-state index contributed by atoms with van der Waals surface area (Å²) in [5.74, 6) is 0.376. The summed E-state index contributed by atoms with van der Waals surface area (Å²) in [7, 11) is -0.847. The van der Waals surface area contributed by atoms with E-state index in [-0.39, 0.29) is 5.91 Å². The zero-order valence-corrected chi connectivity index (χ0v) is 11.6. The number of nitrogens with one attached hydrogen (secondary N) is 1. The third-order valence-corrected chi connectivity index (χ3v) is 2.94. The van der Waals surface area contributed by atoms with Gasteiger partial charge < -0.3 is 5.32 Å². The van der Waals surface area contributed by atoms with Gasteiger partial charge in [0.25, 0.3) is 0 Å². The van der Waals surface area contributed by atoms with Crippen molar-refractivity contribution < 1.29 is 9.00 Å². The van der Waals surface area contributed by atoms with Gasteiger partial charge in [-0.3, -0.25) is 9.00 Å². The molecule has 0 fully saturated rings. The van der Waals surface area contributed by atoms with Crippen molar-refractivity contribution in [1.82, 2.24) is 5.32 Å². The van der Waals surface area contributed by atoms with E-state index in [0.29, 0.717) is 12.3 Å². The Balaban J connectivity index is 3.55. The van der Waals surface area contributed by atoms with Crippen molar-refractivity contribution in [3.8, 4) is 0 Å². The molecular weight excluding hydrogens is 234 g/mol. The normalized spacial score (nSPS) is 13.3. The molecule has 0 aliphatic rings. The highest BCUT2D eigenvalue weighted by atomic mass is 32.2. The van der Waals surface area contributed by atoms with Gasteiger partial charge in [-0.25, -0.2) is 0 Å². The van der Waals surface area contributed by atoms with Crippen LogP contribution in [0.15, 0.2) is 24.3 Å². The van der Waals surface area contributed by atoms with Gasteiger partial charge >= 0.3 is 0 Å². The Morgan fingerprint density at radius 3 is 2.71 bits per heavy atom. The Morgan fingerprint density at radius 1 is 1.29 bits per heavy atom. The van der Waals surface area contributed by atoms with Crippen molar-refractivity contribution >= 4 is 16.7 Å². The molecule has 17 heavy (non-hydrogen) atoms. The lowest BCUT2D eigenvalue weighted by molar-refractivity contribution is -0.116. The Bertz CT molecular complexity index is 285. The third kappa shape index (κ3) is 13.0. The standard InChI is InChI=1S/C13H23NO2S/c1-3-4-5-6-7-8-9-10-13(15)14-11-12-17(2)16/h7-10H,3-6,11-12H2,1-2H3,(H,14,15)/b8-7+,10-9+/t17-/m1/s1. The van der Waals surface area contributed by atoms with Gasteiger partial charge in [0.1, 0.15) is 0 Å². The smallest absolute Gasteiger partial charge is 0.244 e. The van der Waals surface area contributed by atoms with E-state index in [1.54, 1.807) is 12.3 Å². The summed E-state index contributed by atoms with van der Waals surface area (Å²) in [5.41, 5.74) is 0. The number of hydrogen-bond donors (Lipinski definition) is 1. The molecule has 0 bridgehead atoms. The van der Waals surface area contributed by atoms with Crippen LogP contribution in [0.1, 0.15) is 32.6 Å². The average molecular weight is 257 g/mol. The van der Waals surface area contributed by atoms with Gasteiger partial charge in [0, 0.05) is 35.4 Å². The van der Waals surface area contributed by atoms with Crippen molar-refractivity contribution in [3.05, 3.63) is 24.3 Å². The highest BCUT2D eigenvalue weighted by Gasteiger charge is 1.94. The summed E-state index contributed by atoms with van der Waals surface area (Å²) in [5, 5.41) is 2.67. The van der Waals surface area contributed by atoms with Crippen LogP contribution in [-0.2, 0) is 15.6 Å². The first-order valence-corrected chi connectivity index (χ1v) is 7.80. The zero-order valence-electron chi connectivity index (χ0n) is 10.8. The fourth-order valence-corrected chi connectivity index (χ4v) is 1.60. The van der Waals surface area contributed by atoms with E-state index in [9.17, 15) is 9.00 Å². The lowest BCUT2D eigenvalue weighted by atomic mass is 10.2. The molecule has 3 nitrogen and oxygen atoms in total. The maximum atomic E-state index is 11.2. The molecule has 1 atom stereocenters. The zero-order chi connectivity index (χ0) is 12.9. The first-order chi connectivity index (χ1) is 8.16. The Hall–Kier alpha value is -0.900. The first-order valence-electron chi connectivity index (χ1n) is 6.08. The first kappa shape index (κ1) is 16.1. The molecule has 0 aromatic heterocycles. The van der Waals surface area contributed by atoms with Crippen LogP contribution in [0.25, 0.3) is 0 Å². The highest BCUT2D eigenvalue weighted by molar-refractivity contribution is 7.84. The predicted molar refractivity (Wildman–Crippen MR) is 74.4 cm³/mol. The second-order valence-corrected chi connectivity index (χ2v) is 5.41. The molecule has 0 spiro atoms. The van der Waals surface area contributed by atoms with Crippen LogP contribution >= 0.6 is 0 Å². The van der Waals surface area contributed by atoms with E-state index in [1.807, 2.05) is 6.08 Å². The van der Waals surface area contributed by atoms with Gasteiger partial charge in [-0.1, -0.05) is 38.0 Å². The minimum atomic E-state index is -0.847. The summed E-state index contributed by atoms with van der Waals surface area (Å²) in [6.45, 7) is 2.64. The number of carbonyl (C=O) groups excluding carboxylic acids is 1. The van der Waals surface area contributed by atoms with E-state index >= 15 is 0 Å². The molecule has 0 aliphatic carbocycles. The Kier molecular flexibility index (Phi) is 11.0. The van der Waals surface area contributed by atoms with Crippen LogP contribution in [-0.4, -0.2) is 28.7 Å². The van der Waals surface area contributed by atoms with E-state index in [2.05, 4.69) is 18.3 Å². The number of carbonyl (C=O) groups is 1. The molecule has 0 rings (SSSR count). The molecule has 98 valence electrons. The minimum Gasteiger partial charge on any atom is -0.352 e. The number of hydrogen-bond acceptors (Lipinski definition) is 2. The van der Waals surface area contributed by atoms with Crippen LogP contribution in [0, 0.1) is 0 Å². The SMILES string of the molecule is CCCCC/C=C/C=C/C(=O)NCC[S@@](C)=O. The molecule has 0 unspecified atom stereocenters. The van der Waals surface area contributed by atoms with Gasteiger partial charge in [0.05, 0.1) is 0 Å². The topological polar surface area (TPSA) is 46.2 Å². The second-order valence-electron chi connectivity index (χ2n) is 3.85. The molecule has 0 aromatic carbocycles. The van der Waals surface area contributed by atoms with E-state index in [4.69, 9.17) is 0 Å². The van der Waals surface area contributed by atoms with Crippen molar-refractivity contribution in [3.63, 3.8) is 0 Å². The minimum absolute atomic E-state index is 0.131. The molecule has 0 heterocycles. The quantitative estimate of drug-likeness (QED) is 0.391. The fourth-order valence-electron chi connectivity index (χ4n) is 1.21. The summed E-state index contributed by atoms with van der Waals surface area (Å²) in [4.78, 5) is 11.2. The van der Waals surface area contributed by atoms with Crippen LogP contribution < -0.4 is 5.32 Å². The fraction of sp³-hybridized carbons (Fsp3) is 0.615. The summed E-state index contributed by atoms with van der Waals surface area (Å²) in [6.07, 6.45) is 13.6. The molecule has 0 aromatic rings. The molecule has 0 aliphatic heterocycles. The summed E-state index contributed by atoms with van der Waals surface area (Å²) in [6, 6.07) is 0. The largest absolute Gasteiger partial charge is 0.352 e. The number of amides is 1. The van der Waals surface area contributed by atoms with Gasteiger partial charge in [0.15, 0.2) is 0 Å². The van der Waals surface area contributed by atoms with Gasteiger partial charge in [-0.2, -0.15) is 0 Å². The van der Waals surface area contributed by atoms with Crippen LogP contribution in [0.5, 0.6) is 0 Å². The number of allylic oxidation sites excluding steroid dienone is 3. The Morgan fingerprint density at radius 2 is 2.06 bits per heavy atom. The summed E-state index contributed by atoms with van der Waals surface area (Å²) >= 11 is 0. The molecule has 0 saturated carbocycles. The van der Waals surface area contributed by atoms with Gasteiger partial charge in [0.2, 0.25) is 5.91 Å². The lowest BCUT2D eigenvalue weighted by Gasteiger charge is -1.98. The maximum Gasteiger partial charge on any atom is 0.244 e. The van der Waals surface area contributed by atoms with Crippen LogP contribution in [0.3, 0.4) is 0 Å². The monoisotopic (exact) mass is 257 g/mol. The van der Waals surface area contributed by atoms with Crippen molar-refractivity contribution in [2.45, 2.75) is 32.6 Å². The number of rotatable bonds is 9. The molecular formula is C13H23NO2S. The lowest BCUT2D eigenvalue weighted by Crippen LogP contribution is -2.25. The molecule has 1 N–H and O–H groups in total. The second kappa shape index (κ2) is 11.6. The molecule has 0 saturated heterocycles. The van der Waals surface area contributed by atoms with Crippen molar-refractivity contribution in [1.29, 1.82) is 0 Å². The van der Waals surface area contributed by atoms with Crippen molar-refractivity contribution in [2.24, 2.45) is 0 Å². The van der Waals surface area contributed by atoms with Crippen LogP contribution in [0.2, 0.25) is 0 Å². The highest BCUT2D eigenvalue weighted by Crippen LogP contribution is 1.99. The average Bonchev–Trinajstić information content (AvgIpc) is 2.27. The molecule has 4 heteroatoms. The maximum absolute atomic E-state index is 11.2.